The van der Waals surface area contributed by atoms with Crippen LogP contribution in [0.15, 0.2) is 20.9 Å². The van der Waals surface area contributed by atoms with Gasteiger partial charge in [-0.3, -0.25) is 0 Å². The van der Waals surface area contributed by atoms with Gasteiger partial charge < -0.3 is 15.0 Å². The Morgan fingerprint density at radius 3 is 3.00 bits per heavy atom. The quantitative estimate of drug-likeness (QED) is 0.392. The average molecular weight is 488 g/mol. The average Bonchev–Trinajstić information content (AvgIpc) is 3.04. The molecule has 1 aromatic heterocycles. The molecule has 0 radical (unpaired) electrons. The van der Waals surface area contributed by atoms with Gasteiger partial charge in [0, 0.05) is 37.5 Å². The molecule has 0 aromatic carbocycles. The molecule has 1 aromatic rings. The van der Waals surface area contributed by atoms with Crippen molar-refractivity contribution in [2.75, 3.05) is 33.4 Å². The molecule has 1 atom stereocenters. The Balaban J connectivity index is 0.00000220. The summed E-state index contributed by atoms with van der Waals surface area (Å²) in [6.45, 7) is 6.69. The number of likely N-dealkylation sites (tertiary alicyclic amines) is 1. The third-order valence-corrected chi connectivity index (χ3v) is 4.94. The number of rotatable bonds is 5. The summed E-state index contributed by atoms with van der Waals surface area (Å²) < 4.78 is 6.42. The molecule has 1 fully saturated rings. The van der Waals surface area contributed by atoms with Crippen molar-refractivity contribution in [2.45, 2.75) is 19.9 Å². The Kier molecular flexibility index (Phi) is 9.15. The molecule has 0 aliphatic carbocycles. The van der Waals surface area contributed by atoms with Crippen molar-refractivity contribution in [3.8, 4) is 0 Å². The van der Waals surface area contributed by atoms with E-state index >= 15 is 0 Å². The van der Waals surface area contributed by atoms with Crippen molar-refractivity contribution in [1.82, 2.24) is 10.2 Å². The van der Waals surface area contributed by atoms with Gasteiger partial charge >= 0.3 is 0 Å². The van der Waals surface area contributed by atoms with Crippen LogP contribution in [0.5, 0.6) is 0 Å². The first-order valence-corrected chi connectivity index (χ1v) is 8.60. The van der Waals surface area contributed by atoms with Crippen LogP contribution >= 0.6 is 51.2 Å². The van der Waals surface area contributed by atoms with Crippen molar-refractivity contribution in [2.24, 2.45) is 10.9 Å². The van der Waals surface area contributed by atoms with E-state index in [0.717, 1.165) is 42.5 Å². The molecular formula is C14H23BrIN3OS. The van der Waals surface area contributed by atoms with Crippen LogP contribution < -0.4 is 5.32 Å². The first kappa shape index (κ1) is 19.2. The lowest BCUT2D eigenvalue weighted by molar-refractivity contribution is 0.157. The SMILES string of the molecule is CCNC(=NCc1ccc(Br)s1)N1CCC(COC)C1.I. The lowest BCUT2D eigenvalue weighted by Gasteiger charge is -2.21. The van der Waals surface area contributed by atoms with E-state index in [2.05, 4.69) is 45.2 Å². The van der Waals surface area contributed by atoms with Gasteiger partial charge in [-0.05, 0) is 41.4 Å². The predicted molar refractivity (Wildman–Crippen MR) is 104 cm³/mol. The van der Waals surface area contributed by atoms with Gasteiger partial charge in [-0.25, -0.2) is 4.99 Å². The highest BCUT2D eigenvalue weighted by Crippen LogP contribution is 2.23. The molecule has 1 unspecified atom stereocenters. The largest absolute Gasteiger partial charge is 0.384 e. The first-order chi connectivity index (χ1) is 9.72. The fourth-order valence-corrected chi connectivity index (χ4v) is 3.82. The number of thiophene rings is 1. The second-order valence-electron chi connectivity index (χ2n) is 4.93. The van der Waals surface area contributed by atoms with E-state index in [1.807, 2.05) is 0 Å². The number of ether oxygens (including phenoxy) is 1. The molecule has 1 saturated heterocycles. The van der Waals surface area contributed by atoms with Crippen LogP contribution in [-0.2, 0) is 11.3 Å². The van der Waals surface area contributed by atoms with Gasteiger partial charge in [0.1, 0.15) is 0 Å². The lowest BCUT2D eigenvalue weighted by Crippen LogP contribution is -2.40. The number of aliphatic imine (C=N–C) groups is 1. The minimum Gasteiger partial charge on any atom is -0.384 e. The first-order valence-electron chi connectivity index (χ1n) is 6.99. The summed E-state index contributed by atoms with van der Waals surface area (Å²) in [5.74, 6) is 1.65. The molecule has 7 heteroatoms. The van der Waals surface area contributed by atoms with Crippen LogP contribution in [0, 0.1) is 5.92 Å². The topological polar surface area (TPSA) is 36.9 Å². The van der Waals surface area contributed by atoms with Gasteiger partial charge in [0.25, 0.3) is 0 Å². The van der Waals surface area contributed by atoms with Gasteiger partial charge in [0.2, 0.25) is 0 Å². The number of nitrogens with zero attached hydrogens (tertiary/aromatic N) is 2. The predicted octanol–water partition coefficient (Wildman–Crippen LogP) is 3.56. The van der Waals surface area contributed by atoms with Crippen molar-refractivity contribution in [1.29, 1.82) is 0 Å². The van der Waals surface area contributed by atoms with E-state index in [1.165, 1.54) is 11.3 Å². The van der Waals surface area contributed by atoms with Crippen LogP contribution in [0.25, 0.3) is 0 Å². The van der Waals surface area contributed by atoms with Crippen LogP contribution in [0.2, 0.25) is 0 Å². The molecule has 0 bridgehead atoms. The number of methoxy groups -OCH3 is 1. The summed E-state index contributed by atoms with van der Waals surface area (Å²) >= 11 is 5.23. The summed E-state index contributed by atoms with van der Waals surface area (Å²) in [6, 6.07) is 4.20. The minimum absolute atomic E-state index is 0. The maximum atomic E-state index is 5.26. The summed E-state index contributed by atoms with van der Waals surface area (Å²) in [5.41, 5.74) is 0. The summed E-state index contributed by atoms with van der Waals surface area (Å²) in [7, 11) is 1.77. The third kappa shape index (κ3) is 6.03. The second kappa shape index (κ2) is 10.0. The maximum absolute atomic E-state index is 5.26. The van der Waals surface area contributed by atoms with Crippen molar-refractivity contribution in [3.63, 3.8) is 0 Å². The molecule has 120 valence electrons. The molecule has 21 heavy (non-hydrogen) atoms. The van der Waals surface area contributed by atoms with E-state index in [0.29, 0.717) is 5.92 Å². The molecule has 0 saturated carbocycles. The summed E-state index contributed by atoms with van der Waals surface area (Å²) in [6.07, 6.45) is 1.18. The molecule has 0 amide bonds. The molecule has 2 heterocycles. The zero-order valence-electron chi connectivity index (χ0n) is 12.5. The Bertz CT molecular complexity index is 455. The highest BCUT2D eigenvalue weighted by Gasteiger charge is 2.24. The standard InChI is InChI=1S/C14H22BrN3OS.HI/c1-3-16-14(17-8-12-4-5-13(15)20-12)18-7-6-11(9-18)10-19-2;/h4-5,11H,3,6-10H2,1-2H3,(H,16,17);1H. The smallest absolute Gasteiger partial charge is 0.194 e. The minimum atomic E-state index is 0. The number of hydrogen-bond acceptors (Lipinski definition) is 3. The fourth-order valence-electron chi connectivity index (χ4n) is 2.41. The Labute approximate surface area is 156 Å². The van der Waals surface area contributed by atoms with E-state index in [9.17, 15) is 0 Å². The zero-order valence-corrected chi connectivity index (χ0v) is 17.2. The van der Waals surface area contributed by atoms with Crippen LogP contribution in [0.1, 0.15) is 18.2 Å². The van der Waals surface area contributed by atoms with E-state index in [1.54, 1.807) is 18.4 Å². The summed E-state index contributed by atoms with van der Waals surface area (Å²) in [4.78, 5) is 8.37. The number of hydrogen-bond donors (Lipinski definition) is 1. The summed E-state index contributed by atoms with van der Waals surface area (Å²) in [5, 5.41) is 3.39. The van der Waals surface area contributed by atoms with Crippen molar-refractivity contribution in [3.05, 3.63) is 20.8 Å². The Morgan fingerprint density at radius 2 is 2.38 bits per heavy atom. The Morgan fingerprint density at radius 1 is 1.57 bits per heavy atom. The molecule has 0 spiro atoms. The van der Waals surface area contributed by atoms with Gasteiger partial charge in [-0.1, -0.05) is 0 Å². The normalized spacial score (nSPS) is 18.7. The molecule has 1 N–H and O–H groups in total. The molecule has 1 aliphatic rings. The molecule has 4 nitrogen and oxygen atoms in total. The van der Waals surface area contributed by atoms with Gasteiger partial charge in [0.15, 0.2) is 5.96 Å². The van der Waals surface area contributed by atoms with E-state index in [-0.39, 0.29) is 24.0 Å². The highest BCUT2D eigenvalue weighted by atomic mass is 127. The molecule has 2 rings (SSSR count). The van der Waals surface area contributed by atoms with Gasteiger partial charge in [-0.2, -0.15) is 0 Å². The monoisotopic (exact) mass is 487 g/mol. The second-order valence-corrected chi connectivity index (χ2v) is 7.48. The van der Waals surface area contributed by atoms with Crippen LogP contribution in [-0.4, -0.2) is 44.2 Å². The van der Waals surface area contributed by atoms with Crippen LogP contribution in [0.4, 0.5) is 0 Å². The van der Waals surface area contributed by atoms with Crippen molar-refractivity contribution < 1.29 is 4.74 Å². The third-order valence-electron chi connectivity index (χ3n) is 3.34. The maximum Gasteiger partial charge on any atom is 0.194 e. The zero-order chi connectivity index (χ0) is 14.4. The van der Waals surface area contributed by atoms with Gasteiger partial charge in [-0.15, -0.1) is 35.3 Å². The van der Waals surface area contributed by atoms with Crippen LogP contribution in [0.3, 0.4) is 0 Å². The van der Waals surface area contributed by atoms with E-state index < -0.39 is 0 Å². The van der Waals surface area contributed by atoms with E-state index in [4.69, 9.17) is 9.73 Å². The highest BCUT2D eigenvalue weighted by molar-refractivity contribution is 14.0. The molecular weight excluding hydrogens is 465 g/mol. The number of nitrogens with one attached hydrogen (secondary N) is 1. The van der Waals surface area contributed by atoms with Crippen molar-refractivity contribution >= 4 is 57.2 Å². The van der Waals surface area contributed by atoms with Gasteiger partial charge in [0.05, 0.1) is 16.9 Å². The molecule has 1 aliphatic heterocycles. The lowest BCUT2D eigenvalue weighted by atomic mass is 10.1. The number of guanidine groups is 1. The Hall–Kier alpha value is 0.140. The number of halogens is 2. The fraction of sp³-hybridized carbons (Fsp3) is 0.643.